The highest BCUT2D eigenvalue weighted by Gasteiger charge is 2.45. The van der Waals surface area contributed by atoms with E-state index in [2.05, 4.69) is 21.2 Å². The summed E-state index contributed by atoms with van der Waals surface area (Å²) in [6.07, 6.45) is -0.603. The number of fused-ring (bicyclic) bond motifs is 1. The van der Waals surface area contributed by atoms with E-state index in [9.17, 15) is 19.5 Å². The van der Waals surface area contributed by atoms with Gasteiger partial charge in [0.2, 0.25) is 11.8 Å². The Morgan fingerprint density at radius 1 is 1.15 bits per heavy atom. The fourth-order valence-corrected chi connectivity index (χ4v) is 4.93. The van der Waals surface area contributed by atoms with Gasteiger partial charge in [-0.25, -0.2) is 0 Å². The van der Waals surface area contributed by atoms with E-state index in [1.807, 2.05) is 56.3 Å². The number of benzene rings is 2. The molecule has 1 unspecified atom stereocenters. The van der Waals surface area contributed by atoms with Crippen molar-refractivity contribution < 1.29 is 19.5 Å². The Bertz CT molecular complexity index is 1060. The molecule has 0 saturated carbocycles. The maximum Gasteiger partial charge on any atom is 0.255 e. The highest BCUT2D eigenvalue weighted by molar-refractivity contribution is 9.10. The van der Waals surface area contributed by atoms with Crippen LogP contribution in [0.15, 0.2) is 53.0 Å². The second-order valence-electron chi connectivity index (χ2n) is 9.02. The van der Waals surface area contributed by atoms with Crippen molar-refractivity contribution in [3.63, 3.8) is 0 Å². The van der Waals surface area contributed by atoms with Crippen LogP contribution in [-0.2, 0) is 22.7 Å². The minimum absolute atomic E-state index is 0.0768. The minimum Gasteiger partial charge on any atom is -0.391 e. The van der Waals surface area contributed by atoms with Crippen LogP contribution in [-0.4, -0.2) is 57.4 Å². The Morgan fingerprint density at radius 3 is 2.52 bits per heavy atom. The molecule has 0 radical (unpaired) electrons. The summed E-state index contributed by atoms with van der Waals surface area (Å²) in [6.45, 7) is 4.56. The minimum atomic E-state index is -0.781. The van der Waals surface area contributed by atoms with Crippen molar-refractivity contribution in [2.24, 2.45) is 5.92 Å². The number of hydrogen-bond acceptors (Lipinski definition) is 4. The lowest BCUT2D eigenvalue weighted by atomic mass is 10.0. The molecule has 174 valence electrons. The molecule has 4 rings (SSSR count). The van der Waals surface area contributed by atoms with Gasteiger partial charge in [-0.3, -0.25) is 14.4 Å². The van der Waals surface area contributed by atoms with Crippen LogP contribution in [0.1, 0.15) is 41.8 Å². The average molecular weight is 514 g/mol. The molecule has 0 aliphatic carbocycles. The summed E-state index contributed by atoms with van der Waals surface area (Å²) in [5.41, 5.74) is 2.44. The van der Waals surface area contributed by atoms with Crippen molar-refractivity contribution in [3.05, 3.63) is 69.7 Å². The quantitative estimate of drug-likeness (QED) is 0.621. The summed E-state index contributed by atoms with van der Waals surface area (Å²) in [6, 6.07) is 13.5. The van der Waals surface area contributed by atoms with Gasteiger partial charge in [-0.15, -0.1) is 0 Å². The normalized spacial score (nSPS) is 20.8. The molecule has 2 N–H and O–H groups in total. The van der Waals surface area contributed by atoms with Crippen LogP contribution < -0.4 is 5.32 Å². The molecule has 1 saturated heterocycles. The van der Waals surface area contributed by atoms with Crippen LogP contribution in [0.25, 0.3) is 0 Å². The van der Waals surface area contributed by atoms with Gasteiger partial charge in [0, 0.05) is 36.1 Å². The third-order valence-electron chi connectivity index (χ3n) is 6.31. The second-order valence-corrected chi connectivity index (χ2v) is 9.93. The molecule has 7 nitrogen and oxygen atoms in total. The smallest absolute Gasteiger partial charge is 0.255 e. The Morgan fingerprint density at radius 2 is 1.85 bits per heavy atom. The van der Waals surface area contributed by atoms with Gasteiger partial charge in [0.1, 0.15) is 12.1 Å². The number of nitrogens with zero attached hydrogens (tertiary/aromatic N) is 2. The molecule has 2 aromatic rings. The number of carbonyl (C=O) groups excluding carboxylic acids is 3. The van der Waals surface area contributed by atoms with Crippen molar-refractivity contribution in [1.29, 1.82) is 0 Å². The van der Waals surface area contributed by atoms with Crippen LogP contribution in [0.4, 0.5) is 0 Å². The molecule has 2 aliphatic heterocycles. The van der Waals surface area contributed by atoms with Crippen LogP contribution in [0.5, 0.6) is 0 Å². The summed E-state index contributed by atoms with van der Waals surface area (Å²) in [5.74, 6) is -0.929. The molecule has 0 bridgehead atoms. The van der Waals surface area contributed by atoms with Gasteiger partial charge in [0.15, 0.2) is 0 Å². The molecule has 2 heterocycles. The molecule has 2 aromatic carbocycles. The molecule has 3 atom stereocenters. The molecular formula is C25H28BrN3O4. The lowest BCUT2D eigenvalue weighted by Crippen LogP contribution is -2.55. The Balaban J connectivity index is 1.50. The number of aliphatic hydroxyl groups is 1. The summed E-state index contributed by atoms with van der Waals surface area (Å²) >= 11 is 3.39. The zero-order chi connectivity index (χ0) is 23.7. The van der Waals surface area contributed by atoms with Crippen molar-refractivity contribution in [3.8, 4) is 0 Å². The van der Waals surface area contributed by atoms with Crippen LogP contribution in [0, 0.1) is 5.92 Å². The third kappa shape index (κ3) is 4.82. The number of amides is 3. The zero-order valence-electron chi connectivity index (χ0n) is 18.7. The first-order valence-corrected chi connectivity index (χ1v) is 11.9. The summed E-state index contributed by atoms with van der Waals surface area (Å²) in [5, 5.41) is 13.2. The van der Waals surface area contributed by atoms with E-state index in [0.717, 1.165) is 15.6 Å². The zero-order valence-corrected chi connectivity index (χ0v) is 20.3. The number of β-amino-alcohol motifs (C(OH)–C–C–N with tert-alkyl or cyclic N) is 1. The van der Waals surface area contributed by atoms with Crippen LogP contribution in [0.3, 0.4) is 0 Å². The molecule has 0 aromatic heterocycles. The molecule has 1 fully saturated rings. The van der Waals surface area contributed by atoms with Gasteiger partial charge in [0.25, 0.3) is 5.91 Å². The topological polar surface area (TPSA) is 89.9 Å². The fourth-order valence-electron chi connectivity index (χ4n) is 4.66. The number of nitrogens with one attached hydrogen (secondary N) is 1. The monoisotopic (exact) mass is 513 g/mol. The predicted octanol–water partition coefficient (Wildman–Crippen LogP) is 2.71. The van der Waals surface area contributed by atoms with E-state index in [1.165, 1.54) is 4.90 Å². The summed E-state index contributed by atoms with van der Waals surface area (Å²) in [7, 11) is 0. The van der Waals surface area contributed by atoms with Crippen molar-refractivity contribution in [1.82, 2.24) is 15.1 Å². The molecule has 2 aliphatic rings. The summed E-state index contributed by atoms with van der Waals surface area (Å²) < 4.78 is 0.951. The largest absolute Gasteiger partial charge is 0.391 e. The fraction of sp³-hybridized carbons (Fsp3) is 0.400. The maximum atomic E-state index is 13.7. The average Bonchev–Trinajstić information content (AvgIpc) is 3.34. The first-order valence-electron chi connectivity index (χ1n) is 11.2. The first-order chi connectivity index (χ1) is 15.8. The Kier molecular flexibility index (Phi) is 6.86. The maximum absolute atomic E-state index is 13.7. The molecule has 3 amide bonds. The molecule has 8 heteroatoms. The van der Waals surface area contributed by atoms with Crippen molar-refractivity contribution >= 4 is 33.7 Å². The van der Waals surface area contributed by atoms with Crippen LogP contribution >= 0.6 is 15.9 Å². The standard InChI is InChI=1S/C25H28BrN3O4/c1-15(2)22(29-13-17-5-3-4-6-20(17)24(29)32)25(33)28-14-19(30)11-21(28)23(31)27-12-16-7-9-18(26)10-8-16/h3-10,15,19,21-22,30H,11-14H2,1-2H3,(H,27,31)/t19-,21+,22?/m1/s1. The number of halogens is 1. The van der Waals surface area contributed by atoms with Crippen LogP contribution in [0.2, 0.25) is 0 Å². The van der Waals surface area contributed by atoms with Gasteiger partial charge >= 0.3 is 0 Å². The lowest BCUT2D eigenvalue weighted by molar-refractivity contribution is -0.143. The second kappa shape index (κ2) is 9.65. The van der Waals surface area contributed by atoms with Gasteiger partial charge in [-0.1, -0.05) is 60.1 Å². The first kappa shape index (κ1) is 23.4. The molecule has 0 spiro atoms. The predicted molar refractivity (Wildman–Crippen MR) is 127 cm³/mol. The lowest BCUT2D eigenvalue weighted by Gasteiger charge is -2.35. The van der Waals surface area contributed by atoms with Gasteiger partial charge in [-0.05, 0) is 35.2 Å². The van der Waals surface area contributed by atoms with Gasteiger partial charge < -0.3 is 20.2 Å². The number of rotatable bonds is 6. The van der Waals surface area contributed by atoms with Crippen molar-refractivity contribution in [2.75, 3.05) is 6.54 Å². The van der Waals surface area contributed by atoms with E-state index < -0.39 is 18.2 Å². The highest BCUT2D eigenvalue weighted by Crippen LogP contribution is 2.30. The van der Waals surface area contributed by atoms with Crippen molar-refractivity contribution in [2.45, 2.75) is 51.5 Å². The number of aliphatic hydroxyl groups excluding tert-OH is 1. The highest BCUT2D eigenvalue weighted by atomic mass is 79.9. The molecule has 33 heavy (non-hydrogen) atoms. The SMILES string of the molecule is CC(C)C(C(=O)N1C[C@H](O)C[C@H]1C(=O)NCc1ccc(Br)cc1)N1Cc2ccccc2C1=O. The van der Waals surface area contributed by atoms with Gasteiger partial charge in [0.05, 0.1) is 6.10 Å². The number of hydrogen-bond donors (Lipinski definition) is 2. The van der Waals surface area contributed by atoms with E-state index in [-0.39, 0.29) is 36.6 Å². The van der Waals surface area contributed by atoms with E-state index in [1.54, 1.807) is 11.0 Å². The third-order valence-corrected chi connectivity index (χ3v) is 6.84. The van der Waals surface area contributed by atoms with E-state index in [4.69, 9.17) is 0 Å². The van der Waals surface area contributed by atoms with E-state index >= 15 is 0 Å². The summed E-state index contributed by atoms with van der Waals surface area (Å²) in [4.78, 5) is 42.8. The Hall–Kier alpha value is -2.71. The van der Waals surface area contributed by atoms with E-state index in [0.29, 0.717) is 18.7 Å². The molecular weight excluding hydrogens is 486 g/mol. The Labute approximate surface area is 201 Å². The number of carbonyl (C=O) groups is 3. The van der Waals surface area contributed by atoms with Gasteiger partial charge in [-0.2, -0.15) is 0 Å². The number of likely N-dealkylation sites (tertiary alicyclic amines) is 1.